The van der Waals surface area contributed by atoms with Crippen LogP contribution in [0, 0.1) is 13.8 Å². The summed E-state index contributed by atoms with van der Waals surface area (Å²) in [5.74, 6) is 0.828. The van der Waals surface area contributed by atoms with Crippen LogP contribution >= 0.6 is 0 Å². The van der Waals surface area contributed by atoms with Gasteiger partial charge in [0, 0.05) is 5.56 Å². The molecule has 2 rings (SSSR count). The van der Waals surface area contributed by atoms with Crippen molar-refractivity contribution in [1.82, 2.24) is 10.2 Å². The lowest BCUT2D eigenvalue weighted by molar-refractivity contribution is 0.467. The number of aromatic amines is 1. The maximum atomic E-state index is 9.81. The summed E-state index contributed by atoms with van der Waals surface area (Å²) >= 11 is 0. The molecule has 0 saturated heterocycles. The Labute approximate surface area is 87.7 Å². The lowest BCUT2D eigenvalue weighted by Gasteiger charge is -2.08. The standard InChI is InChI=1S/C11H13N3O/c1-6-3-4-8(7(2)10(6)15)9-5-13-14-11(9)12/h3-5,15H,1-2H3,(H3,12,13,14). The Morgan fingerprint density at radius 3 is 2.60 bits per heavy atom. The molecule has 0 aliphatic carbocycles. The van der Waals surface area contributed by atoms with Gasteiger partial charge in [0.2, 0.25) is 0 Å². The predicted molar refractivity (Wildman–Crippen MR) is 59.6 cm³/mol. The van der Waals surface area contributed by atoms with Gasteiger partial charge in [0.25, 0.3) is 0 Å². The van der Waals surface area contributed by atoms with E-state index in [1.54, 1.807) is 6.20 Å². The lowest BCUT2D eigenvalue weighted by Crippen LogP contribution is -1.90. The van der Waals surface area contributed by atoms with Crippen molar-refractivity contribution in [3.63, 3.8) is 0 Å². The number of aromatic nitrogens is 2. The van der Waals surface area contributed by atoms with Crippen molar-refractivity contribution in [3.8, 4) is 16.9 Å². The molecule has 15 heavy (non-hydrogen) atoms. The highest BCUT2D eigenvalue weighted by atomic mass is 16.3. The number of nitrogens with zero attached hydrogens (tertiary/aromatic N) is 1. The maximum Gasteiger partial charge on any atom is 0.126 e. The molecule has 78 valence electrons. The first-order chi connectivity index (χ1) is 7.11. The minimum absolute atomic E-state index is 0.313. The smallest absolute Gasteiger partial charge is 0.126 e. The van der Waals surface area contributed by atoms with Crippen molar-refractivity contribution in [2.75, 3.05) is 5.73 Å². The van der Waals surface area contributed by atoms with E-state index in [9.17, 15) is 5.11 Å². The first-order valence-electron chi connectivity index (χ1n) is 4.69. The summed E-state index contributed by atoms with van der Waals surface area (Å²) in [6.07, 6.45) is 1.66. The number of phenols is 1. The van der Waals surface area contributed by atoms with Crippen LogP contribution in [0.2, 0.25) is 0 Å². The molecule has 0 bridgehead atoms. The molecule has 1 heterocycles. The topological polar surface area (TPSA) is 74.9 Å². The zero-order chi connectivity index (χ0) is 11.0. The molecule has 2 aromatic rings. The average Bonchev–Trinajstić information content (AvgIpc) is 2.62. The molecule has 0 saturated carbocycles. The van der Waals surface area contributed by atoms with Crippen molar-refractivity contribution in [2.45, 2.75) is 13.8 Å². The van der Waals surface area contributed by atoms with Crippen molar-refractivity contribution in [1.29, 1.82) is 0 Å². The van der Waals surface area contributed by atoms with Crippen LogP contribution in [0.4, 0.5) is 5.82 Å². The van der Waals surface area contributed by atoms with Crippen LogP contribution in [-0.4, -0.2) is 15.3 Å². The van der Waals surface area contributed by atoms with Gasteiger partial charge >= 0.3 is 0 Å². The fourth-order valence-corrected chi connectivity index (χ4v) is 1.64. The van der Waals surface area contributed by atoms with Gasteiger partial charge in [-0.15, -0.1) is 0 Å². The number of aromatic hydroxyl groups is 1. The second-order valence-corrected chi connectivity index (χ2v) is 3.60. The number of H-pyrrole nitrogens is 1. The number of rotatable bonds is 1. The molecule has 4 N–H and O–H groups in total. The van der Waals surface area contributed by atoms with Crippen molar-refractivity contribution < 1.29 is 5.11 Å². The first kappa shape index (κ1) is 9.58. The van der Waals surface area contributed by atoms with Gasteiger partial charge in [-0.3, -0.25) is 5.10 Å². The Bertz CT molecular complexity index is 503. The van der Waals surface area contributed by atoms with Gasteiger partial charge in [-0.05, 0) is 30.5 Å². The molecule has 0 aliphatic rings. The molecule has 0 amide bonds. The molecular formula is C11H13N3O. The van der Waals surface area contributed by atoms with Gasteiger partial charge < -0.3 is 10.8 Å². The summed E-state index contributed by atoms with van der Waals surface area (Å²) in [4.78, 5) is 0. The van der Waals surface area contributed by atoms with Crippen LogP contribution in [0.15, 0.2) is 18.3 Å². The molecule has 0 spiro atoms. The predicted octanol–water partition coefficient (Wildman–Crippen LogP) is 1.98. The quantitative estimate of drug-likeness (QED) is 0.663. The Morgan fingerprint density at radius 1 is 1.27 bits per heavy atom. The summed E-state index contributed by atoms with van der Waals surface area (Å²) in [5, 5.41) is 16.3. The minimum atomic E-state index is 0.313. The number of phenolic OH excluding ortho intramolecular Hbond substituents is 1. The third-order valence-corrected chi connectivity index (χ3v) is 2.59. The van der Waals surface area contributed by atoms with Crippen LogP contribution in [0.5, 0.6) is 5.75 Å². The Morgan fingerprint density at radius 2 is 2.00 bits per heavy atom. The van der Waals surface area contributed by atoms with E-state index in [1.807, 2.05) is 26.0 Å². The average molecular weight is 203 g/mol. The van der Waals surface area contributed by atoms with Gasteiger partial charge in [0.1, 0.15) is 11.6 Å². The van der Waals surface area contributed by atoms with E-state index in [4.69, 9.17) is 5.73 Å². The number of nitrogens with two attached hydrogens (primary N) is 1. The molecule has 0 aliphatic heterocycles. The van der Waals surface area contributed by atoms with Crippen molar-refractivity contribution in [3.05, 3.63) is 29.5 Å². The summed E-state index contributed by atoms with van der Waals surface area (Å²) in [5.41, 5.74) is 9.14. The van der Waals surface area contributed by atoms with E-state index >= 15 is 0 Å². The van der Waals surface area contributed by atoms with Gasteiger partial charge in [0.15, 0.2) is 0 Å². The normalized spacial score (nSPS) is 10.5. The van der Waals surface area contributed by atoms with Crippen LogP contribution in [0.25, 0.3) is 11.1 Å². The monoisotopic (exact) mass is 203 g/mol. The summed E-state index contributed by atoms with van der Waals surface area (Å²) < 4.78 is 0. The minimum Gasteiger partial charge on any atom is -0.507 e. The van der Waals surface area contributed by atoms with Crippen LogP contribution < -0.4 is 5.73 Å². The number of hydrogen-bond donors (Lipinski definition) is 3. The second-order valence-electron chi connectivity index (χ2n) is 3.60. The summed E-state index contributed by atoms with van der Waals surface area (Å²) in [7, 11) is 0. The zero-order valence-corrected chi connectivity index (χ0v) is 8.70. The SMILES string of the molecule is Cc1ccc(-c2cn[nH]c2N)c(C)c1O. The third-order valence-electron chi connectivity index (χ3n) is 2.59. The van der Waals surface area contributed by atoms with Gasteiger partial charge in [0.05, 0.1) is 6.20 Å². The fourth-order valence-electron chi connectivity index (χ4n) is 1.64. The van der Waals surface area contributed by atoms with Gasteiger partial charge in [-0.1, -0.05) is 12.1 Å². The zero-order valence-electron chi connectivity index (χ0n) is 8.70. The highest BCUT2D eigenvalue weighted by Gasteiger charge is 2.11. The summed E-state index contributed by atoms with van der Waals surface area (Å²) in [6.45, 7) is 3.73. The van der Waals surface area contributed by atoms with Crippen LogP contribution in [0.3, 0.4) is 0 Å². The van der Waals surface area contributed by atoms with E-state index in [0.29, 0.717) is 11.6 Å². The highest BCUT2D eigenvalue weighted by Crippen LogP contribution is 2.33. The highest BCUT2D eigenvalue weighted by molar-refractivity contribution is 5.77. The van der Waals surface area contributed by atoms with Gasteiger partial charge in [-0.2, -0.15) is 5.10 Å². The third kappa shape index (κ3) is 1.44. The van der Waals surface area contributed by atoms with E-state index in [1.165, 1.54) is 0 Å². The Balaban J connectivity index is 2.65. The van der Waals surface area contributed by atoms with Crippen molar-refractivity contribution >= 4 is 5.82 Å². The van der Waals surface area contributed by atoms with E-state index in [2.05, 4.69) is 10.2 Å². The number of nitrogen functional groups attached to an aromatic ring is 1. The number of benzene rings is 1. The van der Waals surface area contributed by atoms with Crippen LogP contribution in [-0.2, 0) is 0 Å². The second kappa shape index (κ2) is 3.31. The molecular weight excluding hydrogens is 190 g/mol. The van der Waals surface area contributed by atoms with Crippen LogP contribution in [0.1, 0.15) is 11.1 Å². The van der Waals surface area contributed by atoms with Gasteiger partial charge in [-0.25, -0.2) is 0 Å². The molecule has 4 heteroatoms. The lowest BCUT2D eigenvalue weighted by atomic mass is 9.99. The largest absolute Gasteiger partial charge is 0.507 e. The maximum absolute atomic E-state index is 9.81. The van der Waals surface area contributed by atoms with E-state index in [0.717, 1.165) is 22.3 Å². The number of nitrogens with one attached hydrogen (secondary N) is 1. The Hall–Kier alpha value is -1.97. The van der Waals surface area contributed by atoms with E-state index in [-0.39, 0.29) is 0 Å². The first-order valence-corrected chi connectivity index (χ1v) is 4.69. The molecule has 0 fully saturated rings. The number of aryl methyl sites for hydroxylation is 1. The Kier molecular flexibility index (Phi) is 2.11. The fraction of sp³-hybridized carbons (Fsp3) is 0.182. The molecule has 0 atom stereocenters. The van der Waals surface area contributed by atoms with Crippen molar-refractivity contribution in [2.24, 2.45) is 0 Å². The molecule has 4 nitrogen and oxygen atoms in total. The molecule has 0 unspecified atom stereocenters. The molecule has 0 radical (unpaired) electrons. The summed E-state index contributed by atoms with van der Waals surface area (Å²) in [6, 6.07) is 3.80. The number of anilines is 1. The molecule has 1 aromatic heterocycles. The van der Waals surface area contributed by atoms with E-state index < -0.39 is 0 Å². The number of hydrogen-bond acceptors (Lipinski definition) is 3. The molecule has 1 aromatic carbocycles.